The number of nitrogens with zero attached hydrogens (tertiary/aromatic N) is 3. The van der Waals surface area contributed by atoms with Gasteiger partial charge in [-0.05, 0) is 88.0 Å². The predicted octanol–water partition coefficient (Wildman–Crippen LogP) is 4.40. The van der Waals surface area contributed by atoms with Crippen molar-refractivity contribution in [2.45, 2.75) is 70.6 Å². The molecule has 2 heterocycles. The summed E-state index contributed by atoms with van der Waals surface area (Å²) in [4.78, 5) is 42.0. The molecule has 246 valence electrons. The first kappa shape index (κ1) is 32.7. The van der Waals surface area contributed by atoms with Gasteiger partial charge in [0.15, 0.2) is 0 Å². The van der Waals surface area contributed by atoms with Crippen molar-refractivity contribution >= 4 is 29.1 Å². The van der Waals surface area contributed by atoms with Gasteiger partial charge in [0, 0.05) is 31.0 Å². The number of halogens is 4. The number of morpholine rings is 1. The first-order chi connectivity index (χ1) is 21.3. The number of benzene rings is 1. The first-order valence-corrected chi connectivity index (χ1v) is 15.5. The lowest BCUT2D eigenvalue weighted by atomic mass is 9.88. The van der Waals surface area contributed by atoms with E-state index < -0.39 is 48.2 Å². The van der Waals surface area contributed by atoms with Crippen molar-refractivity contribution in [2.24, 2.45) is 17.8 Å². The molecule has 3 fully saturated rings. The standard InChI is InChI=1S/C31H40F4N6O4/c1-17(2)41-24(8-9-37-41)29(43)39-27(26(19-4-5-19)20-6-7-20)30(44)38-23-15-25(40-10-12-45-13-11-40)21(14-22(23)32)18(3)28(42)36-16-31(33,34)35/h8-9,14-15,17-20,26-27H,4-7,10-13,16H2,1-3H3,(H,36,42)(H,38,44)(H,39,43)/t18?,27-/m0/s1. The Hall–Kier alpha value is -3.68. The van der Waals surface area contributed by atoms with E-state index in [0.717, 1.165) is 31.7 Å². The minimum absolute atomic E-state index is 0.0835. The van der Waals surface area contributed by atoms with Crippen LogP contribution in [0.15, 0.2) is 24.4 Å². The lowest BCUT2D eigenvalue weighted by molar-refractivity contribution is -0.139. The Balaban J connectivity index is 1.43. The summed E-state index contributed by atoms with van der Waals surface area (Å²) < 4.78 is 61.0. The second kappa shape index (κ2) is 13.4. The van der Waals surface area contributed by atoms with E-state index in [-0.39, 0.29) is 35.0 Å². The fraction of sp³-hybridized carbons (Fsp3) is 0.613. The van der Waals surface area contributed by atoms with Gasteiger partial charge in [-0.3, -0.25) is 19.1 Å². The summed E-state index contributed by atoms with van der Waals surface area (Å²) in [5.41, 5.74) is 0.765. The number of aromatic nitrogens is 2. The number of carbonyl (C=O) groups is 3. The van der Waals surface area contributed by atoms with Crippen molar-refractivity contribution in [2.75, 3.05) is 43.1 Å². The van der Waals surface area contributed by atoms with E-state index in [0.29, 0.717) is 37.7 Å². The van der Waals surface area contributed by atoms with Gasteiger partial charge in [0.2, 0.25) is 11.8 Å². The number of nitrogens with one attached hydrogen (secondary N) is 3. The van der Waals surface area contributed by atoms with Crippen molar-refractivity contribution in [1.29, 1.82) is 0 Å². The van der Waals surface area contributed by atoms with Gasteiger partial charge < -0.3 is 25.6 Å². The maximum atomic E-state index is 15.7. The molecule has 2 atom stereocenters. The third-order valence-corrected chi connectivity index (χ3v) is 8.73. The molecule has 10 nitrogen and oxygen atoms in total. The summed E-state index contributed by atoms with van der Waals surface area (Å²) in [7, 11) is 0. The normalized spacial score (nSPS) is 18.6. The zero-order valence-corrected chi connectivity index (χ0v) is 25.6. The molecule has 1 aromatic heterocycles. The van der Waals surface area contributed by atoms with Gasteiger partial charge in [-0.1, -0.05) is 0 Å². The molecule has 1 unspecified atom stereocenters. The smallest absolute Gasteiger partial charge is 0.378 e. The number of rotatable bonds is 12. The number of anilines is 2. The second-order valence-electron chi connectivity index (χ2n) is 12.5. The summed E-state index contributed by atoms with van der Waals surface area (Å²) in [5, 5.41) is 11.7. The molecule has 14 heteroatoms. The van der Waals surface area contributed by atoms with Crippen molar-refractivity contribution in [3.8, 4) is 0 Å². The molecule has 3 aliphatic rings. The Bertz CT molecular complexity index is 1390. The highest BCUT2D eigenvalue weighted by Crippen LogP contribution is 2.51. The van der Waals surface area contributed by atoms with E-state index in [1.807, 2.05) is 24.1 Å². The average Bonchev–Trinajstić information content (AvgIpc) is 3.95. The minimum Gasteiger partial charge on any atom is -0.378 e. The van der Waals surface area contributed by atoms with Crippen LogP contribution in [0.1, 0.15) is 74.5 Å². The van der Waals surface area contributed by atoms with Crippen LogP contribution >= 0.6 is 0 Å². The Morgan fingerprint density at radius 3 is 2.24 bits per heavy atom. The molecule has 5 rings (SSSR count). The zero-order valence-electron chi connectivity index (χ0n) is 25.6. The molecular weight excluding hydrogens is 596 g/mol. The van der Waals surface area contributed by atoms with Gasteiger partial charge in [0.05, 0.1) is 24.8 Å². The van der Waals surface area contributed by atoms with Gasteiger partial charge in [-0.25, -0.2) is 4.39 Å². The largest absolute Gasteiger partial charge is 0.405 e. The van der Waals surface area contributed by atoms with Crippen LogP contribution in [-0.4, -0.2) is 72.6 Å². The summed E-state index contributed by atoms with van der Waals surface area (Å²) in [6, 6.07) is 3.09. The molecule has 1 aliphatic heterocycles. The third-order valence-electron chi connectivity index (χ3n) is 8.73. The first-order valence-electron chi connectivity index (χ1n) is 15.5. The average molecular weight is 637 g/mol. The van der Waals surface area contributed by atoms with Gasteiger partial charge in [0.1, 0.15) is 24.1 Å². The lowest BCUT2D eigenvalue weighted by Gasteiger charge is -2.32. The van der Waals surface area contributed by atoms with Gasteiger partial charge >= 0.3 is 6.18 Å². The van der Waals surface area contributed by atoms with E-state index in [4.69, 9.17) is 4.74 Å². The molecule has 0 radical (unpaired) electrons. The fourth-order valence-corrected chi connectivity index (χ4v) is 6.14. The maximum absolute atomic E-state index is 15.7. The lowest BCUT2D eigenvalue weighted by Crippen LogP contribution is -2.50. The van der Waals surface area contributed by atoms with Crippen LogP contribution in [0.25, 0.3) is 0 Å². The summed E-state index contributed by atoms with van der Waals surface area (Å²) >= 11 is 0. The minimum atomic E-state index is -4.60. The molecule has 1 saturated heterocycles. The summed E-state index contributed by atoms with van der Waals surface area (Å²) in [5.74, 6) is -3.43. The SMILES string of the molecule is CC(C(=O)NCC(F)(F)F)c1cc(F)c(NC(=O)[C@@H](NC(=O)c2ccnn2C(C)C)C(C2CC2)C2CC2)cc1N1CCOCC1. The molecule has 2 aromatic rings. The van der Waals surface area contributed by atoms with Gasteiger partial charge in [-0.2, -0.15) is 18.3 Å². The molecular formula is C31H40F4N6O4. The maximum Gasteiger partial charge on any atom is 0.405 e. The van der Waals surface area contributed by atoms with E-state index >= 15 is 4.39 Å². The number of carbonyl (C=O) groups excluding carboxylic acids is 3. The highest BCUT2D eigenvalue weighted by molar-refractivity contribution is 6.01. The number of ether oxygens (including phenoxy) is 1. The Labute approximate surface area is 259 Å². The van der Waals surface area contributed by atoms with Crippen molar-refractivity contribution in [1.82, 2.24) is 20.4 Å². The van der Waals surface area contributed by atoms with E-state index in [9.17, 15) is 27.6 Å². The summed E-state index contributed by atoms with van der Waals surface area (Å²) in [6.45, 7) is 5.21. The number of alkyl halides is 3. The Morgan fingerprint density at radius 1 is 1.02 bits per heavy atom. The number of hydrogen-bond donors (Lipinski definition) is 3. The zero-order chi connectivity index (χ0) is 32.5. The van der Waals surface area contributed by atoms with Crippen LogP contribution in [0.4, 0.5) is 28.9 Å². The van der Waals surface area contributed by atoms with Crippen molar-refractivity contribution in [3.63, 3.8) is 0 Å². The van der Waals surface area contributed by atoms with Crippen LogP contribution in [0.5, 0.6) is 0 Å². The van der Waals surface area contributed by atoms with E-state index in [1.165, 1.54) is 19.2 Å². The van der Waals surface area contributed by atoms with Crippen LogP contribution in [0, 0.1) is 23.6 Å². The van der Waals surface area contributed by atoms with Crippen LogP contribution in [0.3, 0.4) is 0 Å². The third kappa shape index (κ3) is 7.95. The monoisotopic (exact) mass is 636 g/mol. The number of hydrogen-bond acceptors (Lipinski definition) is 6. The molecule has 1 aromatic carbocycles. The second-order valence-corrected chi connectivity index (χ2v) is 12.5. The molecule has 3 N–H and O–H groups in total. The summed E-state index contributed by atoms with van der Waals surface area (Å²) in [6.07, 6.45) is 0.720. The topological polar surface area (TPSA) is 118 Å². The van der Waals surface area contributed by atoms with Crippen LogP contribution in [-0.2, 0) is 14.3 Å². The highest BCUT2D eigenvalue weighted by Gasteiger charge is 2.48. The highest BCUT2D eigenvalue weighted by atomic mass is 19.4. The molecule has 3 amide bonds. The van der Waals surface area contributed by atoms with E-state index in [1.54, 1.807) is 10.7 Å². The molecule has 0 spiro atoms. The molecule has 0 bridgehead atoms. The van der Waals surface area contributed by atoms with Crippen molar-refractivity contribution < 1.29 is 36.7 Å². The molecule has 2 aliphatic carbocycles. The molecule has 45 heavy (non-hydrogen) atoms. The predicted molar refractivity (Wildman–Crippen MR) is 158 cm³/mol. The van der Waals surface area contributed by atoms with Crippen LogP contribution in [0.2, 0.25) is 0 Å². The van der Waals surface area contributed by atoms with Gasteiger partial charge in [-0.15, -0.1) is 0 Å². The quantitative estimate of drug-likeness (QED) is 0.298. The number of amides is 3. The van der Waals surface area contributed by atoms with E-state index in [2.05, 4.69) is 15.7 Å². The van der Waals surface area contributed by atoms with Crippen LogP contribution < -0.4 is 20.9 Å². The fourth-order valence-electron chi connectivity index (χ4n) is 6.14. The Morgan fingerprint density at radius 2 is 1.67 bits per heavy atom. The Kier molecular flexibility index (Phi) is 9.71. The molecule has 2 saturated carbocycles. The van der Waals surface area contributed by atoms with Gasteiger partial charge in [0.25, 0.3) is 5.91 Å². The van der Waals surface area contributed by atoms with Crippen molar-refractivity contribution in [3.05, 3.63) is 41.5 Å².